The zero-order valence-electron chi connectivity index (χ0n) is 14.4. The molecule has 28 heavy (non-hydrogen) atoms. The van der Waals surface area contributed by atoms with Gasteiger partial charge in [-0.3, -0.25) is 4.98 Å². The van der Waals surface area contributed by atoms with Crippen LogP contribution < -0.4 is 9.47 Å². The molecule has 0 spiro atoms. The van der Waals surface area contributed by atoms with Crippen molar-refractivity contribution in [3.63, 3.8) is 0 Å². The lowest BCUT2D eigenvalue weighted by molar-refractivity contribution is -0.274. The van der Waals surface area contributed by atoms with Crippen molar-refractivity contribution < 1.29 is 35.5 Å². The number of aromatic nitrogens is 1. The van der Waals surface area contributed by atoms with Crippen LogP contribution in [-0.2, 0) is 15.6 Å². The van der Waals surface area contributed by atoms with E-state index in [0.717, 1.165) is 18.2 Å². The Balaban J connectivity index is 1.94. The van der Waals surface area contributed by atoms with Crippen LogP contribution >= 0.6 is 0 Å². The Bertz CT molecular complexity index is 1060. The van der Waals surface area contributed by atoms with E-state index in [-0.39, 0.29) is 5.75 Å². The maximum absolute atomic E-state index is 12.8. The molecule has 148 valence electrons. The lowest BCUT2D eigenvalue weighted by Crippen LogP contribution is -2.17. The molecule has 0 aliphatic rings. The fourth-order valence-corrected chi connectivity index (χ4v) is 4.04. The largest absolute Gasteiger partial charge is 0.573 e. The minimum Gasteiger partial charge on any atom is -0.495 e. The Hall–Kier alpha value is -3.01. The molecule has 0 bridgehead atoms. The van der Waals surface area contributed by atoms with Crippen molar-refractivity contribution in [1.82, 2.24) is 4.98 Å². The van der Waals surface area contributed by atoms with Crippen LogP contribution in [0.3, 0.4) is 0 Å². The number of rotatable bonds is 6. The number of ether oxygens (including phenoxy) is 2. The molecule has 0 amide bonds. The third-order valence-corrected chi connectivity index (χ3v) is 5.36. The normalized spacial score (nSPS) is 12.0. The zero-order chi connectivity index (χ0) is 20.4. The number of hydrogen-bond donors (Lipinski definition) is 0. The summed E-state index contributed by atoms with van der Waals surface area (Å²) >= 11 is 0. The van der Waals surface area contributed by atoms with Crippen LogP contribution in [-0.4, -0.2) is 26.9 Å². The maximum Gasteiger partial charge on any atom is 0.573 e. The van der Waals surface area contributed by atoms with Crippen molar-refractivity contribution in [2.45, 2.75) is 17.0 Å². The van der Waals surface area contributed by atoms with Crippen LogP contribution in [0.15, 0.2) is 64.4 Å². The smallest absolute Gasteiger partial charge is 0.495 e. The summed E-state index contributed by atoms with van der Waals surface area (Å²) in [5.41, 5.74) is 0.900. The van der Waals surface area contributed by atoms with E-state index in [9.17, 15) is 21.6 Å². The van der Waals surface area contributed by atoms with Gasteiger partial charge in [0.05, 0.1) is 19.1 Å². The van der Waals surface area contributed by atoms with Crippen LogP contribution in [0.1, 0.15) is 5.56 Å². The zero-order valence-corrected chi connectivity index (χ0v) is 15.3. The fraction of sp³-hybridized carbons (Fsp3) is 0.167. The molecular formula is C18H14F3NO5S. The molecule has 3 aromatic rings. The first-order valence-corrected chi connectivity index (χ1v) is 9.47. The maximum atomic E-state index is 12.8. The van der Waals surface area contributed by atoms with Crippen molar-refractivity contribution in [1.29, 1.82) is 0 Å². The minimum absolute atomic E-state index is 0.0929. The molecule has 0 atom stereocenters. The first-order valence-electron chi connectivity index (χ1n) is 7.82. The third-order valence-electron chi connectivity index (χ3n) is 3.66. The second kappa shape index (κ2) is 7.55. The standard InChI is InChI=1S/C18H14F3NO5S/c1-25-16-5-4-14(27-18(19,20)21)8-17(16)28(23,24)11-12-7-13(10-22-9-12)15-3-2-6-26-15/h2-10H,11H2,1H3. The number of pyridine rings is 1. The van der Waals surface area contributed by atoms with Gasteiger partial charge in [0, 0.05) is 24.0 Å². The summed E-state index contributed by atoms with van der Waals surface area (Å²) in [4.78, 5) is 3.58. The predicted octanol–water partition coefficient (Wildman–Crippen LogP) is 4.22. The minimum atomic E-state index is -4.95. The molecule has 0 radical (unpaired) electrons. The molecule has 0 aliphatic carbocycles. The number of halogens is 3. The Kier molecular flexibility index (Phi) is 5.32. The van der Waals surface area contributed by atoms with E-state index in [1.807, 2.05) is 0 Å². The molecule has 2 aromatic heterocycles. The van der Waals surface area contributed by atoms with Crippen molar-refractivity contribution >= 4 is 9.84 Å². The summed E-state index contributed by atoms with van der Waals surface area (Å²) < 4.78 is 77.1. The summed E-state index contributed by atoms with van der Waals surface area (Å²) in [5.74, 6) is -0.746. The third kappa shape index (κ3) is 4.63. The van der Waals surface area contributed by atoms with Gasteiger partial charge in [0.1, 0.15) is 22.2 Å². The van der Waals surface area contributed by atoms with Crippen LogP contribution in [0.5, 0.6) is 11.5 Å². The van der Waals surface area contributed by atoms with Crippen molar-refractivity contribution in [2.75, 3.05) is 7.11 Å². The van der Waals surface area contributed by atoms with E-state index in [1.54, 1.807) is 18.2 Å². The highest BCUT2D eigenvalue weighted by atomic mass is 32.2. The number of hydrogen-bond acceptors (Lipinski definition) is 6. The van der Waals surface area contributed by atoms with Crippen LogP contribution in [0.25, 0.3) is 11.3 Å². The van der Waals surface area contributed by atoms with Crippen LogP contribution in [0.4, 0.5) is 13.2 Å². The highest BCUT2D eigenvalue weighted by Crippen LogP contribution is 2.33. The van der Waals surface area contributed by atoms with Gasteiger partial charge in [0.15, 0.2) is 9.84 Å². The Morgan fingerprint density at radius 3 is 2.57 bits per heavy atom. The van der Waals surface area contributed by atoms with Gasteiger partial charge >= 0.3 is 6.36 Å². The fourth-order valence-electron chi connectivity index (χ4n) is 2.54. The summed E-state index contributed by atoms with van der Waals surface area (Å²) in [5, 5.41) is 0. The Morgan fingerprint density at radius 1 is 1.14 bits per heavy atom. The van der Waals surface area contributed by atoms with Gasteiger partial charge in [-0.15, -0.1) is 13.2 Å². The summed E-state index contributed by atoms with van der Waals surface area (Å²) in [6, 6.07) is 7.80. The van der Waals surface area contributed by atoms with Gasteiger partial charge in [0.25, 0.3) is 0 Å². The van der Waals surface area contributed by atoms with Gasteiger partial charge in [-0.05, 0) is 35.9 Å². The highest BCUT2D eigenvalue weighted by Gasteiger charge is 2.32. The predicted molar refractivity (Wildman–Crippen MR) is 92.5 cm³/mol. The molecular weight excluding hydrogens is 399 g/mol. The second-order valence-corrected chi connectivity index (χ2v) is 7.64. The number of methoxy groups -OCH3 is 1. The highest BCUT2D eigenvalue weighted by molar-refractivity contribution is 7.90. The average Bonchev–Trinajstić information content (AvgIpc) is 3.15. The van der Waals surface area contributed by atoms with E-state index in [0.29, 0.717) is 16.9 Å². The Morgan fingerprint density at radius 2 is 1.93 bits per heavy atom. The SMILES string of the molecule is COc1ccc(OC(F)(F)F)cc1S(=O)(=O)Cc1cncc(-c2ccco2)c1. The van der Waals surface area contributed by atoms with E-state index in [1.165, 1.54) is 25.8 Å². The van der Waals surface area contributed by atoms with Gasteiger partial charge < -0.3 is 13.9 Å². The number of nitrogens with zero attached hydrogens (tertiary/aromatic N) is 1. The van der Waals surface area contributed by atoms with Gasteiger partial charge in [0.2, 0.25) is 0 Å². The number of alkyl halides is 3. The van der Waals surface area contributed by atoms with E-state index >= 15 is 0 Å². The first-order chi connectivity index (χ1) is 13.2. The topological polar surface area (TPSA) is 78.6 Å². The molecule has 0 fully saturated rings. The van der Waals surface area contributed by atoms with Crippen molar-refractivity contribution in [2.24, 2.45) is 0 Å². The van der Waals surface area contributed by atoms with Gasteiger partial charge in [-0.25, -0.2) is 8.42 Å². The molecule has 0 saturated carbocycles. The molecule has 0 saturated heterocycles. The average molecular weight is 413 g/mol. The second-order valence-electron chi connectivity index (χ2n) is 5.68. The summed E-state index contributed by atoms with van der Waals surface area (Å²) in [6.07, 6.45) is -0.619. The first kappa shape index (κ1) is 19.7. The molecule has 10 heteroatoms. The quantitative estimate of drug-likeness (QED) is 0.602. The summed E-state index contributed by atoms with van der Waals surface area (Å²) in [6.45, 7) is 0. The lowest BCUT2D eigenvalue weighted by atomic mass is 10.2. The van der Waals surface area contributed by atoms with Crippen molar-refractivity contribution in [3.8, 4) is 22.8 Å². The van der Waals surface area contributed by atoms with Crippen LogP contribution in [0, 0.1) is 0 Å². The van der Waals surface area contributed by atoms with E-state index in [2.05, 4.69) is 9.72 Å². The monoisotopic (exact) mass is 413 g/mol. The number of furan rings is 1. The summed E-state index contributed by atoms with van der Waals surface area (Å²) in [7, 11) is -2.84. The molecule has 0 N–H and O–H groups in total. The van der Waals surface area contributed by atoms with E-state index in [4.69, 9.17) is 9.15 Å². The number of sulfone groups is 1. The molecule has 0 aliphatic heterocycles. The van der Waals surface area contributed by atoms with E-state index < -0.39 is 32.6 Å². The van der Waals surface area contributed by atoms with Gasteiger partial charge in [-0.1, -0.05) is 0 Å². The van der Waals surface area contributed by atoms with Crippen LogP contribution in [0.2, 0.25) is 0 Å². The number of benzene rings is 1. The molecule has 2 heterocycles. The Labute approximate surface area is 158 Å². The molecule has 3 rings (SSSR count). The lowest BCUT2D eigenvalue weighted by Gasteiger charge is -2.13. The molecule has 1 aromatic carbocycles. The van der Waals surface area contributed by atoms with Gasteiger partial charge in [-0.2, -0.15) is 0 Å². The molecule has 0 unspecified atom stereocenters. The molecule has 6 nitrogen and oxygen atoms in total. The van der Waals surface area contributed by atoms with Crippen molar-refractivity contribution in [3.05, 3.63) is 60.6 Å².